The number of para-hydroxylation sites is 1. The zero-order valence-electron chi connectivity index (χ0n) is 13.9. The number of aromatic nitrogens is 1. The highest BCUT2D eigenvalue weighted by atomic mass is 32.2. The lowest BCUT2D eigenvalue weighted by atomic mass is 10.0. The second kappa shape index (κ2) is 7.58. The summed E-state index contributed by atoms with van der Waals surface area (Å²) in [6.07, 6.45) is 2.51. The summed E-state index contributed by atoms with van der Waals surface area (Å²) in [7, 11) is 1.43. The van der Waals surface area contributed by atoms with Gasteiger partial charge in [0.15, 0.2) is 0 Å². The second-order valence-corrected chi connectivity index (χ2v) is 6.99. The van der Waals surface area contributed by atoms with Crippen molar-refractivity contribution in [3.8, 4) is 0 Å². The molecule has 124 valence electrons. The smallest absolute Gasteiger partial charge is 0.306 e. The average molecular weight is 339 g/mol. The lowest BCUT2D eigenvalue weighted by Crippen LogP contribution is -2.04. The van der Waals surface area contributed by atoms with Crippen molar-refractivity contribution < 1.29 is 9.53 Å². The van der Waals surface area contributed by atoms with Gasteiger partial charge in [0, 0.05) is 22.9 Å². The number of aromatic amines is 1. The fourth-order valence-electron chi connectivity index (χ4n) is 2.78. The number of methoxy groups -OCH3 is 1. The summed E-state index contributed by atoms with van der Waals surface area (Å²) in [4.78, 5) is 14.8. The molecule has 2 aromatic carbocycles. The number of aryl methyl sites for hydroxylation is 1. The monoisotopic (exact) mass is 339 g/mol. The molecule has 24 heavy (non-hydrogen) atoms. The van der Waals surface area contributed by atoms with Gasteiger partial charge in [0.25, 0.3) is 0 Å². The third-order valence-electron chi connectivity index (χ3n) is 4.10. The van der Waals surface area contributed by atoms with Crippen molar-refractivity contribution in [2.45, 2.75) is 18.6 Å². The summed E-state index contributed by atoms with van der Waals surface area (Å²) in [5, 5.41) is 1.42. The Kier molecular flexibility index (Phi) is 5.26. The molecular formula is C20H21NO2S. The SMILES string of the molecule is COC(=O)CCSC(c1ccc(C)cc1)c1c[nH]c2ccccc12. The maximum absolute atomic E-state index is 11.4. The van der Waals surface area contributed by atoms with Gasteiger partial charge in [0.05, 0.1) is 18.8 Å². The third kappa shape index (κ3) is 3.65. The number of carbonyl (C=O) groups is 1. The third-order valence-corrected chi connectivity index (χ3v) is 5.40. The van der Waals surface area contributed by atoms with Crippen LogP contribution in [0.4, 0.5) is 0 Å². The fourth-order valence-corrected chi connectivity index (χ4v) is 4.02. The van der Waals surface area contributed by atoms with Crippen molar-refractivity contribution in [1.82, 2.24) is 4.98 Å². The maximum atomic E-state index is 11.4. The maximum Gasteiger partial charge on any atom is 0.306 e. The van der Waals surface area contributed by atoms with E-state index >= 15 is 0 Å². The molecule has 0 fully saturated rings. The summed E-state index contributed by atoms with van der Waals surface area (Å²) < 4.78 is 4.76. The van der Waals surface area contributed by atoms with Crippen molar-refractivity contribution in [1.29, 1.82) is 0 Å². The minimum absolute atomic E-state index is 0.163. The van der Waals surface area contributed by atoms with Gasteiger partial charge in [-0.2, -0.15) is 0 Å². The molecule has 1 aromatic heterocycles. The van der Waals surface area contributed by atoms with Crippen molar-refractivity contribution in [2.75, 3.05) is 12.9 Å². The number of rotatable bonds is 6. The van der Waals surface area contributed by atoms with E-state index in [1.54, 1.807) is 11.8 Å². The van der Waals surface area contributed by atoms with Gasteiger partial charge in [-0.25, -0.2) is 0 Å². The Morgan fingerprint density at radius 2 is 1.92 bits per heavy atom. The van der Waals surface area contributed by atoms with Crippen LogP contribution < -0.4 is 0 Å². The lowest BCUT2D eigenvalue weighted by molar-refractivity contribution is -0.140. The van der Waals surface area contributed by atoms with Gasteiger partial charge in [0.1, 0.15) is 0 Å². The summed E-state index contributed by atoms with van der Waals surface area (Å²) in [6, 6.07) is 16.9. The van der Waals surface area contributed by atoms with Crippen LogP contribution in [-0.4, -0.2) is 23.8 Å². The van der Waals surface area contributed by atoms with E-state index in [0.29, 0.717) is 6.42 Å². The number of fused-ring (bicyclic) bond motifs is 1. The Morgan fingerprint density at radius 3 is 2.67 bits per heavy atom. The number of carbonyl (C=O) groups excluding carboxylic acids is 1. The van der Waals surface area contributed by atoms with Gasteiger partial charge in [-0.1, -0.05) is 48.0 Å². The normalized spacial score (nSPS) is 12.2. The van der Waals surface area contributed by atoms with Crippen LogP contribution >= 0.6 is 11.8 Å². The number of esters is 1. The van der Waals surface area contributed by atoms with Gasteiger partial charge in [-0.3, -0.25) is 4.79 Å². The number of benzene rings is 2. The zero-order chi connectivity index (χ0) is 16.9. The molecular weight excluding hydrogens is 318 g/mol. The molecule has 0 aliphatic carbocycles. The first-order valence-corrected chi connectivity index (χ1v) is 9.05. The molecule has 1 heterocycles. The Hall–Kier alpha value is -2.20. The molecule has 3 nitrogen and oxygen atoms in total. The molecule has 0 amide bonds. The van der Waals surface area contributed by atoms with Gasteiger partial charge < -0.3 is 9.72 Å². The van der Waals surface area contributed by atoms with Crippen LogP contribution in [0.1, 0.15) is 28.4 Å². The van der Waals surface area contributed by atoms with Crippen LogP contribution in [0.15, 0.2) is 54.7 Å². The summed E-state index contributed by atoms with van der Waals surface area (Å²) in [6.45, 7) is 2.09. The van der Waals surface area contributed by atoms with Gasteiger partial charge in [-0.05, 0) is 24.1 Å². The first-order valence-electron chi connectivity index (χ1n) is 8.00. The van der Waals surface area contributed by atoms with Crippen molar-refractivity contribution in [3.05, 3.63) is 71.4 Å². The minimum Gasteiger partial charge on any atom is -0.469 e. The Morgan fingerprint density at radius 1 is 1.17 bits per heavy atom. The topological polar surface area (TPSA) is 42.1 Å². The molecule has 0 saturated carbocycles. The van der Waals surface area contributed by atoms with Crippen LogP contribution in [0.2, 0.25) is 0 Å². The van der Waals surface area contributed by atoms with E-state index in [-0.39, 0.29) is 11.2 Å². The van der Waals surface area contributed by atoms with E-state index in [4.69, 9.17) is 4.74 Å². The fraction of sp³-hybridized carbons (Fsp3) is 0.250. The summed E-state index contributed by atoms with van der Waals surface area (Å²) in [5.74, 6) is 0.564. The van der Waals surface area contributed by atoms with E-state index in [2.05, 4.69) is 60.6 Å². The van der Waals surface area contributed by atoms with Crippen LogP contribution in [0.3, 0.4) is 0 Å². The highest BCUT2D eigenvalue weighted by Gasteiger charge is 2.19. The van der Waals surface area contributed by atoms with E-state index in [9.17, 15) is 4.79 Å². The molecule has 0 aliphatic heterocycles. The van der Waals surface area contributed by atoms with E-state index in [1.807, 2.05) is 6.07 Å². The quantitative estimate of drug-likeness (QED) is 0.652. The predicted octanol–water partition coefficient (Wildman–Crippen LogP) is 4.86. The Labute approximate surface area is 146 Å². The molecule has 1 N–H and O–H groups in total. The Bertz CT molecular complexity index is 823. The molecule has 4 heteroatoms. The molecule has 3 aromatic rings. The number of hydrogen-bond acceptors (Lipinski definition) is 3. The highest BCUT2D eigenvalue weighted by molar-refractivity contribution is 7.99. The number of H-pyrrole nitrogens is 1. The first kappa shape index (κ1) is 16.7. The molecule has 0 aliphatic rings. The zero-order valence-corrected chi connectivity index (χ0v) is 14.7. The van der Waals surface area contributed by atoms with E-state index < -0.39 is 0 Å². The average Bonchev–Trinajstić information content (AvgIpc) is 3.03. The van der Waals surface area contributed by atoms with Gasteiger partial charge >= 0.3 is 5.97 Å². The molecule has 0 bridgehead atoms. The first-order chi connectivity index (χ1) is 11.7. The molecule has 0 radical (unpaired) electrons. The van der Waals surface area contributed by atoms with Crippen LogP contribution in [0, 0.1) is 6.92 Å². The molecule has 0 saturated heterocycles. The van der Waals surface area contributed by atoms with Crippen LogP contribution in [0.5, 0.6) is 0 Å². The standard InChI is InChI=1S/C20H21NO2S/c1-14-7-9-15(10-8-14)20(24-12-11-19(22)23-2)17-13-21-18-6-4-3-5-16(17)18/h3-10,13,20-21H,11-12H2,1-2H3. The van der Waals surface area contributed by atoms with Crippen molar-refractivity contribution in [2.24, 2.45) is 0 Å². The summed E-state index contributed by atoms with van der Waals surface area (Å²) in [5.41, 5.74) is 4.89. The minimum atomic E-state index is -0.163. The van der Waals surface area contributed by atoms with Crippen LogP contribution in [-0.2, 0) is 9.53 Å². The van der Waals surface area contributed by atoms with Gasteiger partial charge in [-0.15, -0.1) is 11.8 Å². The van der Waals surface area contributed by atoms with Crippen molar-refractivity contribution in [3.63, 3.8) is 0 Å². The number of ether oxygens (including phenoxy) is 1. The lowest BCUT2D eigenvalue weighted by Gasteiger charge is -2.17. The van der Waals surface area contributed by atoms with Gasteiger partial charge in [0.2, 0.25) is 0 Å². The molecule has 1 atom stereocenters. The molecule has 0 spiro atoms. The Balaban J connectivity index is 1.92. The van der Waals surface area contributed by atoms with E-state index in [0.717, 1.165) is 11.3 Å². The molecule has 3 rings (SSSR count). The molecule has 1 unspecified atom stereocenters. The largest absolute Gasteiger partial charge is 0.469 e. The highest BCUT2D eigenvalue weighted by Crippen LogP contribution is 2.39. The summed E-state index contributed by atoms with van der Waals surface area (Å²) >= 11 is 1.78. The predicted molar refractivity (Wildman–Crippen MR) is 100 cm³/mol. The second-order valence-electron chi connectivity index (χ2n) is 5.78. The van der Waals surface area contributed by atoms with E-state index in [1.165, 1.54) is 29.2 Å². The van der Waals surface area contributed by atoms with Crippen molar-refractivity contribution >= 4 is 28.6 Å². The number of hydrogen-bond donors (Lipinski definition) is 1. The number of thioether (sulfide) groups is 1. The number of nitrogens with one attached hydrogen (secondary N) is 1. The van der Waals surface area contributed by atoms with Crippen LogP contribution in [0.25, 0.3) is 10.9 Å².